The van der Waals surface area contributed by atoms with Crippen LogP contribution in [0.15, 0.2) is 46.9 Å². The smallest absolute Gasteiger partial charge is 0.412 e. The van der Waals surface area contributed by atoms with Gasteiger partial charge in [-0.25, -0.2) is 19.4 Å². The fourth-order valence-electron chi connectivity index (χ4n) is 3.85. The number of ether oxygens (including phenoxy) is 3. The van der Waals surface area contributed by atoms with Crippen LogP contribution in [0.25, 0.3) is 17.4 Å². The Bertz CT molecular complexity index is 1410. The molecule has 0 atom stereocenters. The van der Waals surface area contributed by atoms with Crippen LogP contribution in [0.5, 0.6) is 11.5 Å². The van der Waals surface area contributed by atoms with Crippen LogP contribution in [-0.2, 0) is 11.3 Å². The van der Waals surface area contributed by atoms with Gasteiger partial charge in [-0.15, -0.1) is 0 Å². The second-order valence-electron chi connectivity index (χ2n) is 9.02. The molecule has 11 heteroatoms. The number of hydrogen-bond donors (Lipinski definition) is 1. The molecule has 0 saturated heterocycles. The van der Waals surface area contributed by atoms with Crippen LogP contribution in [0.3, 0.4) is 0 Å². The number of aryl methyl sites for hydroxylation is 3. The highest BCUT2D eigenvalue weighted by atomic mass is 16.6. The van der Waals surface area contributed by atoms with E-state index in [9.17, 15) is 4.79 Å². The summed E-state index contributed by atoms with van der Waals surface area (Å²) in [5, 5.41) is 7.15. The summed E-state index contributed by atoms with van der Waals surface area (Å²) in [6, 6.07) is 12.9. The predicted octanol–water partition coefficient (Wildman–Crippen LogP) is 4.55. The lowest BCUT2D eigenvalue weighted by Gasteiger charge is -2.14. The molecular weight excluding hydrogens is 488 g/mol. The second kappa shape index (κ2) is 11.8. The summed E-state index contributed by atoms with van der Waals surface area (Å²) in [6.07, 6.45) is -0.679. The zero-order valence-electron chi connectivity index (χ0n) is 22.4. The molecular formula is C27H32N6O5. The largest absolute Gasteiger partial charge is 0.493 e. The van der Waals surface area contributed by atoms with Crippen molar-refractivity contribution in [2.24, 2.45) is 0 Å². The van der Waals surface area contributed by atoms with E-state index in [0.29, 0.717) is 28.9 Å². The summed E-state index contributed by atoms with van der Waals surface area (Å²) in [5.74, 6) is 3.43. The van der Waals surface area contributed by atoms with E-state index in [1.54, 1.807) is 23.9 Å². The van der Waals surface area contributed by atoms with Gasteiger partial charge >= 0.3 is 6.09 Å². The van der Waals surface area contributed by atoms with E-state index in [0.717, 1.165) is 29.3 Å². The average molecular weight is 521 g/mol. The van der Waals surface area contributed by atoms with Crippen LogP contribution in [0.2, 0.25) is 0 Å². The van der Waals surface area contributed by atoms with E-state index < -0.39 is 6.09 Å². The summed E-state index contributed by atoms with van der Waals surface area (Å²) in [4.78, 5) is 23.6. The van der Waals surface area contributed by atoms with E-state index in [2.05, 4.69) is 25.3 Å². The summed E-state index contributed by atoms with van der Waals surface area (Å²) in [5.41, 5.74) is 2.83. The first-order valence-electron chi connectivity index (χ1n) is 12.1. The van der Waals surface area contributed by atoms with Crippen LogP contribution >= 0.6 is 0 Å². The Labute approximate surface area is 221 Å². The number of aromatic nitrogens is 4. The number of carbonyl (C=O) groups excluding carboxylic acids is 1. The highest BCUT2D eigenvalue weighted by Gasteiger charge is 2.16. The summed E-state index contributed by atoms with van der Waals surface area (Å²) >= 11 is 0. The number of nitrogens with one attached hydrogen (secondary N) is 1. The maximum Gasteiger partial charge on any atom is 0.412 e. The lowest BCUT2D eigenvalue weighted by Crippen LogP contribution is -2.19. The average Bonchev–Trinajstić information content (AvgIpc) is 3.46. The van der Waals surface area contributed by atoms with Gasteiger partial charge in [-0.1, -0.05) is 6.07 Å². The van der Waals surface area contributed by atoms with Crippen LogP contribution in [0.4, 0.5) is 10.6 Å². The Morgan fingerprint density at radius 3 is 2.50 bits per heavy atom. The van der Waals surface area contributed by atoms with Crippen molar-refractivity contribution in [2.75, 3.05) is 39.7 Å². The molecule has 0 fully saturated rings. The standard InChI is InChI=1S/C27H32N6O5/c1-17-13-18(2)33(31-17)25-15-24(28-26(30-25)22-9-7-19(3)38-22)29-27(34)37-12-11-36-21-10-8-20(16-32(4)5)14-23(21)35-6/h7-10,13-15H,11-12,16H2,1-6H3,(H,28,29,30,34). The predicted molar refractivity (Wildman–Crippen MR) is 142 cm³/mol. The van der Waals surface area contributed by atoms with E-state index >= 15 is 0 Å². The molecule has 0 spiro atoms. The Kier molecular flexibility index (Phi) is 8.27. The zero-order chi connectivity index (χ0) is 27.2. The van der Waals surface area contributed by atoms with Gasteiger partial charge in [-0.05, 0) is 70.8 Å². The summed E-state index contributed by atoms with van der Waals surface area (Å²) < 4.78 is 23.9. The molecule has 38 heavy (non-hydrogen) atoms. The third-order valence-electron chi connectivity index (χ3n) is 5.43. The van der Waals surface area contributed by atoms with Crippen molar-refractivity contribution in [3.05, 3.63) is 65.2 Å². The molecule has 11 nitrogen and oxygen atoms in total. The molecule has 0 aliphatic heterocycles. The molecule has 4 aromatic rings. The number of hydrogen-bond acceptors (Lipinski definition) is 9. The molecule has 0 aliphatic rings. The molecule has 0 aliphatic carbocycles. The number of nitrogens with zero attached hydrogens (tertiary/aromatic N) is 5. The molecule has 0 radical (unpaired) electrons. The number of furan rings is 1. The Morgan fingerprint density at radius 1 is 1.03 bits per heavy atom. The van der Waals surface area contributed by atoms with Crippen molar-refractivity contribution in [2.45, 2.75) is 27.3 Å². The third-order valence-corrected chi connectivity index (χ3v) is 5.43. The van der Waals surface area contributed by atoms with Crippen molar-refractivity contribution in [1.29, 1.82) is 0 Å². The first-order valence-corrected chi connectivity index (χ1v) is 12.1. The van der Waals surface area contributed by atoms with Gasteiger partial charge in [-0.2, -0.15) is 5.10 Å². The highest BCUT2D eigenvalue weighted by molar-refractivity contribution is 5.83. The minimum atomic E-state index is -0.679. The molecule has 4 rings (SSSR count). The molecule has 0 saturated carbocycles. The topological polar surface area (TPSA) is 117 Å². The lowest BCUT2D eigenvalue weighted by molar-refractivity contribution is 0.136. The Morgan fingerprint density at radius 2 is 1.84 bits per heavy atom. The van der Waals surface area contributed by atoms with Crippen LogP contribution in [-0.4, -0.2) is 65.2 Å². The van der Waals surface area contributed by atoms with Gasteiger partial charge in [0.25, 0.3) is 0 Å². The molecule has 200 valence electrons. The quantitative estimate of drug-likeness (QED) is 0.301. The zero-order valence-corrected chi connectivity index (χ0v) is 22.4. The van der Waals surface area contributed by atoms with Crippen molar-refractivity contribution in [3.8, 4) is 28.9 Å². The maximum atomic E-state index is 12.5. The summed E-state index contributed by atoms with van der Waals surface area (Å²) in [6.45, 7) is 6.60. The minimum absolute atomic E-state index is 0.0219. The van der Waals surface area contributed by atoms with E-state index in [4.69, 9.17) is 18.6 Å². The van der Waals surface area contributed by atoms with E-state index in [1.165, 1.54) is 0 Å². The summed E-state index contributed by atoms with van der Waals surface area (Å²) in [7, 11) is 5.59. The van der Waals surface area contributed by atoms with Gasteiger partial charge in [-0.3, -0.25) is 5.32 Å². The van der Waals surface area contributed by atoms with Gasteiger partial charge in [0.1, 0.15) is 24.8 Å². The molecule has 3 aromatic heterocycles. The number of benzene rings is 1. The number of methoxy groups -OCH3 is 1. The van der Waals surface area contributed by atoms with Crippen molar-refractivity contribution in [3.63, 3.8) is 0 Å². The molecule has 3 heterocycles. The SMILES string of the molecule is COc1cc(CN(C)C)ccc1OCCOC(=O)Nc1cc(-n2nc(C)cc2C)nc(-c2ccc(C)o2)n1. The fraction of sp³-hybridized carbons (Fsp3) is 0.333. The van der Waals surface area contributed by atoms with Crippen molar-refractivity contribution < 1.29 is 23.4 Å². The molecule has 1 N–H and O–H groups in total. The first-order chi connectivity index (χ1) is 18.2. The van der Waals surface area contributed by atoms with E-state index in [1.807, 2.05) is 65.2 Å². The van der Waals surface area contributed by atoms with Gasteiger partial charge < -0.3 is 23.5 Å². The van der Waals surface area contributed by atoms with Gasteiger partial charge in [0, 0.05) is 18.3 Å². The normalized spacial score (nSPS) is 11.0. The van der Waals surface area contributed by atoms with Crippen LogP contribution in [0.1, 0.15) is 22.7 Å². The number of rotatable bonds is 10. The monoisotopic (exact) mass is 520 g/mol. The number of anilines is 1. The number of amides is 1. The second-order valence-corrected chi connectivity index (χ2v) is 9.02. The van der Waals surface area contributed by atoms with Gasteiger partial charge in [0.15, 0.2) is 28.9 Å². The lowest BCUT2D eigenvalue weighted by atomic mass is 10.2. The minimum Gasteiger partial charge on any atom is -0.493 e. The molecule has 0 unspecified atom stereocenters. The van der Waals surface area contributed by atoms with Crippen molar-refractivity contribution in [1.82, 2.24) is 24.6 Å². The van der Waals surface area contributed by atoms with Gasteiger partial charge in [0.05, 0.1) is 12.8 Å². The molecule has 1 amide bonds. The molecule has 0 bridgehead atoms. The first kappa shape index (κ1) is 26.7. The van der Waals surface area contributed by atoms with Gasteiger partial charge in [0.2, 0.25) is 0 Å². The van der Waals surface area contributed by atoms with Crippen LogP contribution in [0, 0.1) is 20.8 Å². The Hall–Kier alpha value is -4.38. The number of carbonyl (C=O) groups is 1. The van der Waals surface area contributed by atoms with Crippen LogP contribution < -0.4 is 14.8 Å². The van der Waals surface area contributed by atoms with Crippen molar-refractivity contribution >= 4 is 11.9 Å². The van der Waals surface area contributed by atoms with E-state index in [-0.39, 0.29) is 19.0 Å². The Balaban J connectivity index is 1.41. The third kappa shape index (κ3) is 6.68. The highest BCUT2D eigenvalue weighted by Crippen LogP contribution is 2.28. The maximum absolute atomic E-state index is 12.5. The fourth-order valence-corrected chi connectivity index (χ4v) is 3.85. The molecule has 1 aromatic carbocycles.